The standard InChI is InChI=1S/C22H26O9/c1-9-7-13(25)15-10(2)8-14(29-19(26)21(5,28)11(3)23)17-18(16(9)15)30-20(27)22(17,6)31-12(4)24/h7,14,16-18,28H,8H2,1-6H3/t14-,16+,17+,18-,21+,22-/m0/s1. The molecule has 0 aromatic heterocycles. The van der Waals surface area contributed by atoms with Gasteiger partial charge in [-0.1, -0.05) is 11.1 Å². The number of ether oxygens (including phenoxy) is 3. The van der Waals surface area contributed by atoms with Gasteiger partial charge in [-0.3, -0.25) is 14.4 Å². The van der Waals surface area contributed by atoms with Gasteiger partial charge in [0.15, 0.2) is 11.6 Å². The van der Waals surface area contributed by atoms with E-state index in [1.54, 1.807) is 13.8 Å². The first-order valence-corrected chi connectivity index (χ1v) is 9.99. The molecule has 168 valence electrons. The summed E-state index contributed by atoms with van der Waals surface area (Å²) in [6.07, 6.45) is -0.527. The van der Waals surface area contributed by atoms with Crippen molar-refractivity contribution < 1.29 is 43.3 Å². The number of fused-ring (bicyclic) bond motifs is 3. The van der Waals surface area contributed by atoms with Gasteiger partial charge < -0.3 is 19.3 Å². The molecule has 0 bridgehead atoms. The first kappa shape index (κ1) is 22.9. The molecule has 2 aliphatic carbocycles. The highest BCUT2D eigenvalue weighted by Crippen LogP contribution is 2.51. The Bertz CT molecular complexity index is 954. The number of carbonyl (C=O) groups excluding carboxylic acids is 5. The van der Waals surface area contributed by atoms with Crippen LogP contribution in [-0.2, 0) is 38.2 Å². The van der Waals surface area contributed by atoms with Crippen molar-refractivity contribution in [2.45, 2.75) is 71.4 Å². The van der Waals surface area contributed by atoms with Gasteiger partial charge in [0.2, 0.25) is 11.2 Å². The van der Waals surface area contributed by atoms with Crippen LogP contribution in [0.2, 0.25) is 0 Å². The Morgan fingerprint density at radius 3 is 2.39 bits per heavy atom. The van der Waals surface area contributed by atoms with Crippen molar-refractivity contribution >= 4 is 29.5 Å². The van der Waals surface area contributed by atoms with Crippen LogP contribution in [0.1, 0.15) is 48.0 Å². The van der Waals surface area contributed by atoms with Crippen LogP contribution >= 0.6 is 0 Å². The van der Waals surface area contributed by atoms with Crippen LogP contribution in [-0.4, -0.2) is 58.0 Å². The quantitative estimate of drug-likeness (QED) is 0.390. The topological polar surface area (TPSA) is 133 Å². The van der Waals surface area contributed by atoms with Crippen molar-refractivity contribution in [3.05, 3.63) is 22.8 Å². The van der Waals surface area contributed by atoms with E-state index in [1.807, 2.05) is 0 Å². The van der Waals surface area contributed by atoms with Gasteiger partial charge in [-0.2, -0.15) is 0 Å². The molecular weight excluding hydrogens is 408 g/mol. The molecule has 1 N–H and O–H groups in total. The number of Topliss-reactive ketones (excluding diaryl/α,β-unsaturated/α-hetero) is 1. The van der Waals surface area contributed by atoms with Gasteiger partial charge in [0, 0.05) is 24.8 Å². The van der Waals surface area contributed by atoms with Crippen molar-refractivity contribution in [2.24, 2.45) is 11.8 Å². The number of hydrogen-bond acceptors (Lipinski definition) is 9. The molecule has 1 aliphatic heterocycles. The van der Waals surface area contributed by atoms with Crippen LogP contribution in [0.4, 0.5) is 0 Å². The minimum Gasteiger partial charge on any atom is -0.459 e. The molecule has 1 heterocycles. The minimum atomic E-state index is -2.40. The number of aliphatic hydroxyl groups is 1. The summed E-state index contributed by atoms with van der Waals surface area (Å²) >= 11 is 0. The van der Waals surface area contributed by atoms with E-state index in [0.717, 1.165) is 20.8 Å². The number of esters is 3. The van der Waals surface area contributed by atoms with Gasteiger partial charge in [0.25, 0.3) is 0 Å². The second-order valence-electron chi connectivity index (χ2n) is 8.80. The predicted molar refractivity (Wildman–Crippen MR) is 104 cm³/mol. The molecule has 0 spiro atoms. The molecule has 0 aromatic carbocycles. The molecule has 1 fully saturated rings. The molecule has 1 saturated heterocycles. The fourth-order valence-corrected chi connectivity index (χ4v) is 4.72. The summed E-state index contributed by atoms with van der Waals surface area (Å²) in [7, 11) is 0. The molecular formula is C22H26O9. The zero-order chi connectivity index (χ0) is 23.5. The van der Waals surface area contributed by atoms with Gasteiger partial charge >= 0.3 is 17.9 Å². The summed E-state index contributed by atoms with van der Waals surface area (Å²) in [5.41, 5.74) is -2.43. The molecule has 0 unspecified atom stereocenters. The number of allylic oxidation sites excluding steroid dienone is 1. The average molecular weight is 434 g/mol. The van der Waals surface area contributed by atoms with Gasteiger partial charge in [-0.25, -0.2) is 9.59 Å². The van der Waals surface area contributed by atoms with E-state index >= 15 is 0 Å². The Hall–Kier alpha value is -2.81. The Morgan fingerprint density at radius 2 is 1.84 bits per heavy atom. The molecule has 3 rings (SSSR count). The summed E-state index contributed by atoms with van der Waals surface area (Å²) in [5.74, 6) is -5.33. The number of ketones is 2. The van der Waals surface area contributed by atoms with Crippen LogP contribution in [0.5, 0.6) is 0 Å². The van der Waals surface area contributed by atoms with Gasteiger partial charge in [0.1, 0.15) is 12.2 Å². The normalized spacial score (nSPS) is 34.1. The summed E-state index contributed by atoms with van der Waals surface area (Å²) in [5, 5.41) is 10.3. The third-order valence-electron chi connectivity index (χ3n) is 6.46. The molecule has 0 radical (unpaired) electrons. The second kappa shape index (κ2) is 7.40. The Balaban J connectivity index is 2.12. The summed E-state index contributed by atoms with van der Waals surface area (Å²) in [6, 6.07) is 0. The monoisotopic (exact) mass is 434 g/mol. The minimum absolute atomic E-state index is 0.0348. The third kappa shape index (κ3) is 3.50. The molecule has 31 heavy (non-hydrogen) atoms. The maximum Gasteiger partial charge on any atom is 0.351 e. The Labute approximate surface area is 179 Å². The lowest BCUT2D eigenvalue weighted by molar-refractivity contribution is -0.184. The largest absolute Gasteiger partial charge is 0.459 e. The fourth-order valence-electron chi connectivity index (χ4n) is 4.72. The fraction of sp³-hybridized carbons (Fsp3) is 0.591. The van der Waals surface area contributed by atoms with Gasteiger partial charge in [0.05, 0.1) is 5.92 Å². The third-order valence-corrected chi connectivity index (χ3v) is 6.46. The first-order valence-electron chi connectivity index (χ1n) is 9.99. The highest BCUT2D eigenvalue weighted by Gasteiger charge is 2.65. The number of carbonyl (C=O) groups is 5. The van der Waals surface area contributed by atoms with Crippen molar-refractivity contribution in [1.29, 1.82) is 0 Å². The molecule has 0 amide bonds. The van der Waals surface area contributed by atoms with Crippen LogP contribution in [0.15, 0.2) is 22.8 Å². The predicted octanol–water partition coefficient (Wildman–Crippen LogP) is 0.967. The summed E-state index contributed by atoms with van der Waals surface area (Å²) < 4.78 is 16.5. The maximum atomic E-state index is 12.8. The molecule has 6 atom stereocenters. The van der Waals surface area contributed by atoms with Gasteiger partial charge in [-0.15, -0.1) is 0 Å². The zero-order valence-electron chi connectivity index (χ0n) is 18.3. The lowest BCUT2D eigenvalue weighted by Crippen LogP contribution is -2.52. The van der Waals surface area contributed by atoms with Crippen LogP contribution in [0.25, 0.3) is 0 Å². The molecule has 9 nitrogen and oxygen atoms in total. The molecule has 0 aromatic rings. The van der Waals surface area contributed by atoms with Crippen LogP contribution < -0.4 is 0 Å². The molecule has 3 aliphatic rings. The molecule has 0 saturated carbocycles. The smallest absolute Gasteiger partial charge is 0.351 e. The first-order chi connectivity index (χ1) is 14.2. The van der Waals surface area contributed by atoms with E-state index in [2.05, 4.69) is 0 Å². The van der Waals surface area contributed by atoms with E-state index in [4.69, 9.17) is 14.2 Å². The van der Waals surface area contributed by atoms with Crippen LogP contribution in [0.3, 0.4) is 0 Å². The van der Waals surface area contributed by atoms with Crippen molar-refractivity contribution in [3.8, 4) is 0 Å². The molecule has 9 heteroatoms. The summed E-state index contributed by atoms with van der Waals surface area (Å²) in [6.45, 7) is 8.03. The highest BCUT2D eigenvalue weighted by molar-refractivity contribution is 6.09. The summed E-state index contributed by atoms with van der Waals surface area (Å²) in [4.78, 5) is 61.6. The van der Waals surface area contributed by atoms with Gasteiger partial charge in [-0.05, 0) is 40.7 Å². The second-order valence-corrected chi connectivity index (χ2v) is 8.80. The number of rotatable bonds is 4. The zero-order valence-corrected chi connectivity index (χ0v) is 18.3. The maximum absolute atomic E-state index is 12.8. The van der Waals surface area contributed by atoms with E-state index in [-0.39, 0.29) is 12.2 Å². The SMILES string of the molecule is CC(=O)O[C@]1(C)C(=O)O[C@H]2[C@@H]3C(C)=CC(=O)C3=C(C)C[C@H](OC(=O)[C@](C)(O)C(C)=O)[C@H]21. The van der Waals surface area contributed by atoms with E-state index < -0.39 is 58.9 Å². The van der Waals surface area contributed by atoms with E-state index in [1.165, 1.54) is 13.0 Å². The Morgan fingerprint density at radius 1 is 1.23 bits per heavy atom. The highest BCUT2D eigenvalue weighted by atomic mass is 16.6. The van der Waals surface area contributed by atoms with Crippen molar-refractivity contribution in [3.63, 3.8) is 0 Å². The Kier molecular flexibility index (Phi) is 5.46. The van der Waals surface area contributed by atoms with Crippen LogP contribution in [0, 0.1) is 11.8 Å². The lowest BCUT2D eigenvalue weighted by atomic mass is 9.77. The van der Waals surface area contributed by atoms with Crippen molar-refractivity contribution in [1.82, 2.24) is 0 Å². The lowest BCUT2D eigenvalue weighted by Gasteiger charge is -2.35. The van der Waals surface area contributed by atoms with E-state index in [0.29, 0.717) is 16.7 Å². The average Bonchev–Trinajstić information content (AvgIpc) is 3.00. The van der Waals surface area contributed by atoms with E-state index in [9.17, 15) is 29.1 Å². The van der Waals surface area contributed by atoms with Crippen molar-refractivity contribution in [2.75, 3.05) is 0 Å². The number of hydrogen-bond donors (Lipinski definition) is 1.